The van der Waals surface area contributed by atoms with Gasteiger partial charge in [-0.3, -0.25) is 4.79 Å². The average molecular weight is 241 g/mol. The fourth-order valence-corrected chi connectivity index (χ4v) is 2.32. The molecule has 0 spiro atoms. The van der Waals surface area contributed by atoms with Crippen molar-refractivity contribution < 1.29 is 4.79 Å². The molecule has 1 aliphatic rings. The number of rotatable bonds is 5. The fourth-order valence-electron chi connectivity index (χ4n) is 2.32. The molecule has 0 N–H and O–H groups in total. The van der Waals surface area contributed by atoms with Crippen LogP contribution < -0.4 is 0 Å². The van der Waals surface area contributed by atoms with Crippen molar-refractivity contribution in [1.82, 2.24) is 14.7 Å². The zero-order valence-electron chi connectivity index (χ0n) is 11.8. The maximum Gasteiger partial charge on any atom is 0.222 e. The number of amides is 1. The molecule has 0 radical (unpaired) electrons. The second-order valence-electron chi connectivity index (χ2n) is 5.41. The van der Waals surface area contributed by atoms with Crippen LogP contribution in [0.25, 0.3) is 0 Å². The Kier molecular flexibility index (Phi) is 5.92. The van der Waals surface area contributed by atoms with Crippen LogP contribution in [0.4, 0.5) is 0 Å². The Morgan fingerprint density at radius 1 is 1.24 bits per heavy atom. The van der Waals surface area contributed by atoms with E-state index in [4.69, 9.17) is 0 Å². The van der Waals surface area contributed by atoms with Gasteiger partial charge in [-0.05, 0) is 53.0 Å². The summed E-state index contributed by atoms with van der Waals surface area (Å²) in [5, 5.41) is 0. The van der Waals surface area contributed by atoms with Crippen molar-refractivity contribution in [2.24, 2.45) is 0 Å². The molecular weight excluding hydrogens is 214 g/mol. The molecule has 1 saturated heterocycles. The Morgan fingerprint density at radius 2 is 1.82 bits per heavy atom. The van der Waals surface area contributed by atoms with Crippen molar-refractivity contribution in [2.45, 2.75) is 31.7 Å². The van der Waals surface area contributed by atoms with Gasteiger partial charge in [0.05, 0.1) is 0 Å². The van der Waals surface area contributed by atoms with Crippen molar-refractivity contribution in [2.75, 3.05) is 47.8 Å². The summed E-state index contributed by atoms with van der Waals surface area (Å²) < 4.78 is 0. The quantitative estimate of drug-likeness (QED) is 0.715. The van der Waals surface area contributed by atoms with Crippen LogP contribution in [0.2, 0.25) is 0 Å². The fraction of sp³-hybridized carbons (Fsp3) is 0.923. The van der Waals surface area contributed by atoms with E-state index in [9.17, 15) is 4.79 Å². The highest BCUT2D eigenvalue weighted by Gasteiger charge is 2.20. The summed E-state index contributed by atoms with van der Waals surface area (Å²) in [6.45, 7) is 3.44. The average Bonchev–Trinajstić information content (AvgIpc) is 2.29. The summed E-state index contributed by atoms with van der Waals surface area (Å²) in [7, 11) is 8.02. The van der Waals surface area contributed by atoms with Gasteiger partial charge < -0.3 is 14.7 Å². The number of likely N-dealkylation sites (tertiary alicyclic amines) is 1. The van der Waals surface area contributed by atoms with Crippen LogP contribution in [0, 0.1) is 0 Å². The minimum absolute atomic E-state index is 0.238. The lowest BCUT2D eigenvalue weighted by atomic mass is 10.0. The zero-order valence-corrected chi connectivity index (χ0v) is 11.8. The normalized spacial score (nSPS) is 18.6. The number of carbonyl (C=O) groups is 1. The molecule has 1 aliphatic heterocycles. The minimum atomic E-state index is 0.238. The summed E-state index contributed by atoms with van der Waals surface area (Å²) in [4.78, 5) is 17.9. The third-order valence-electron chi connectivity index (χ3n) is 3.71. The molecule has 1 amide bonds. The Balaban J connectivity index is 2.16. The van der Waals surface area contributed by atoms with E-state index >= 15 is 0 Å². The molecule has 1 rings (SSSR count). The van der Waals surface area contributed by atoms with E-state index in [1.165, 1.54) is 25.9 Å². The molecule has 0 bridgehead atoms. The van der Waals surface area contributed by atoms with Gasteiger partial charge in [-0.25, -0.2) is 0 Å². The lowest BCUT2D eigenvalue weighted by Crippen LogP contribution is -2.42. The molecule has 0 saturated carbocycles. The van der Waals surface area contributed by atoms with Crippen LogP contribution in [0.15, 0.2) is 0 Å². The van der Waals surface area contributed by atoms with Gasteiger partial charge >= 0.3 is 0 Å². The lowest BCUT2D eigenvalue weighted by molar-refractivity contribution is -0.128. The molecule has 0 unspecified atom stereocenters. The number of hydrogen-bond donors (Lipinski definition) is 0. The SMILES string of the molecule is CN1CCC(N(C)CCCC(=O)N(C)C)CC1. The first-order chi connectivity index (χ1) is 8.00. The summed E-state index contributed by atoms with van der Waals surface area (Å²) in [6, 6.07) is 0.709. The van der Waals surface area contributed by atoms with Gasteiger partial charge in [-0.15, -0.1) is 0 Å². The van der Waals surface area contributed by atoms with Crippen molar-refractivity contribution >= 4 is 5.91 Å². The second kappa shape index (κ2) is 6.97. The van der Waals surface area contributed by atoms with Crippen molar-refractivity contribution in [3.8, 4) is 0 Å². The molecule has 4 nitrogen and oxygen atoms in total. The largest absolute Gasteiger partial charge is 0.349 e. The van der Waals surface area contributed by atoms with E-state index in [2.05, 4.69) is 23.9 Å². The first kappa shape index (κ1) is 14.5. The summed E-state index contributed by atoms with van der Waals surface area (Å²) >= 11 is 0. The maximum absolute atomic E-state index is 11.4. The van der Waals surface area contributed by atoms with Gasteiger partial charge in [0.2, 0.25) is 5.91 Å². The van der Waals surface area contributed by atoms with E-state index in [1.54, 1.807) is 4.90 Å². The van der Waals surface area contributed by atoms with Crippen LogP contribution in [0.1, 0.15) is 25.7 Å². The lowest BCUT2D eigenvalue weighted by Gasteiger charge is -2.35. The maximum atomic E-state index is 11.4. The predicted molar refractivity (Wildman–Crippen MR) is 71.1 cm³/mol. The Bertz CT molecular complexity index is 235. The Morgan fingerprint density at radius 3 is 2.35 bits per heavy atom. The monoisotopic (exact) mass is 241 g/mol. The van der Waals surface area contributed by atoms with Gasteiger partial charge in [-0.1, -0.05) is 0 Å². The van der Waals surface area contributed by atoms with E-state index in [0.29, 0.717) is 12.5 Å². The van der Waals surface area contributed by atoms with Gasteiger partial charge in [-0.2, -0.15) is 0 Å². The molecule has 0 atom stereocenters. The molecular formula is C13H27N3O. The molecule has 100 valence electrons. The highest BCUT2D eigenvalue weighted by Crippen LogP contribution is 2.14. The van der Waals surface area contributed by atoms with Crippen molar-refractivity contribution in [3.63, 3.8) is 0 Å². The smallest absolute Gasteiger partial charge is 0.222 e. The van der Waals surface area contributed by atoms with E-state index < -0.39 is 0 Å². The number of piperidine rings is 1. The van der Waals surface area contributed by atoms with Gasteiger partial charge in [0.1, 0.15) is 0 Å². The molecule has 0 aromatic rings. The molecule has 1 fully saturated rings. The van der Waals surface area contributed by atoms with Crippen LogP contribution >= 0.6 is 0 Å². The predicted octanol–water partition coefficient (Wildman–Crippen LogP) is 0.881. The van der Waals surface area contributed by atoms with Crippen molar-refractivity contribution in [1.29, 1.82) is 0 Å². The highest BCUT2D eigenvalue weighted by molar-refractivity contribution is 5.75. The standard InChI is InChI=1S/C13H27N3O/c1-14(2)13(17)6-5-9-16(4)12-7-10-15(3)11-8-12/h12H,5-11H2,1-4H3. The summed E-state index contributed by atoms with van der Waals surface area (Å²) in [6.07, 6.45) is 4.16. The highest BCUT2D eigenvalue weighted by atomic mass is 16.2. The first-order valence-electron chi connectivity index (χ1n) is 6.59. The molecule has 1 heterocycles. The van der Waals surface area contributed by atoms with Crippen LogP contribution in [0.3, 0.4) is 0 Å². The van der Waals surface area contributed by atoms with Gasteiger partial charge in [0.15, 0.2) is 0 Å². The topological polar surface area (TPSA) is 26.8 Å². The third kappa shape index (κ3) is 5.04. The first-order valence-corrected chi connectivity index (χ1v) is 6.59. The molecule has 0 aromatic carbocycles. The van der Waals surface area contributed by atoms with Gasteiger partial charge in [0.25, 0.3) is 0 Å². The summed E-state index contributed by atoms with van der Waals surface area (Å²) in [5.41, 5.74) is 0. The Hall–Kier alpha value is -0.610. The number of nitrogens with zero attached hydrogens (tertiary/aromatic N) is 3. The molecule has 4 heteroatoms. The molecule has 0 aliphatic carbocycles. The molecule has 17 heavy (non-hydrogen) atoms. The van der Waals surface area contributed by atoms with Crippen molar-refractivity contribution in [3.05, 3.63) is 0 Å². The minimum Gasteiger partial charge on any atom is -0.349 e. The van der Waals surface area contributed by atoms with E-state index in [-0.39, 0.29) is 5.91 Å². The van der Waals surface area contributed by atoms with E-state index in [1.807, 2.05) is 14.1 Å². The van der Waals surface area contributed by atoms with E-state index in [0.717, 1.165) is 13.0 Å². The summed E-state index contributed by atoms with van der Waals surface area (Å²) in [5.74, 6) is 0.238. The van der Waals surface area contributed by atoms with Crippen LogP contribution in [0.5, 0.6) is 0 Å². The Labute approximate surface area is 106 Å². The number of carbonyl (C=O) groups excluding carboxylic acids is 1. The molecule has 0 aromatic heterocycles. The van der Waals surface area contributed by atoms with Crippen LogP contribution in [-0.2, 0) is 4.79 Å². The number of hydrogen-bond acceptors (Lipinski definition) is 3. The second-order valence-corrected chi connectivity index (χ2v) is 5.41. The third-order valence-corrected chi connectivity index (χ3v) is 3.71. The van der Waals surface area contributed by atoms with Crippen LogP contribution in [-0.4, -0.2) is 74.5 Å². The zero-order chi connectivity index (χ0) is 12.8. The van der Waals surface area contributed by atoms with Gasteiger partial charge in [0, 0.05) is 26.6 Å².